The molecule has 152 valence electrons. The second kappa shape index (κ2) is 8.54. The average molecular weight is 415 g/mol. The summed E-state index contributed by atoms with van der Waals surface area (Å²) in [5.41, 5.74) is 2.05. The quantitative estimate of drug-likeness (QED) is 0.590. The summed E-state index contributed by atoms with van der Waals surface area (Å²) in [7, 11) is -3.58. The van der Waals surface area contributed by atoms with Crippen molar-refractivity contribution < 1.29 is 22.4 Å². The highest BCUT2D eigenvalue weighted by atomic mass is 32.2. The summed E-state index contributed by atoms with van der Waals surface area (Å²) in [5.74, 6) is -0.119. The third-order valence-electron chi connectivity index (χ3n) is 4.07. The lowest BCUT2D eigenvalue weighted by Gasteiger charge is -2.10. The Morgan fingerprint density at radius 3 is 2.55 bits per heavy atom. The highest BCUT2D eigenvalue weighted by Crippen LogP contribution is 2.24. The predicted octanol–water partition coefficient (Wildman–Crippen LogP) is 3.26. The molecule has 0 aliphatic rings. The lowest BCUT2D eigenvalue weighted by molar-refractivity contribution is 0.0279. The summed E-state index contributed by atoms with van der Waals surface area (Å²) in [6, 6.07) is 13.1. The maximum Gasteiger partial charge on any atom is 0.338 e. The molecule has 1 N–H and O–H groups in total. The number of nitrogens with zero attached hydrogens (tertiary/aromatic N) is 2. The van der Waals surface area contributed by atoms with E-state index in [4.69, 9.17) is 9.15 Å². The summed E-state index contributed by atoms with van der Waals surface area (Å²) in [4.78, 5) is 12.4. The third-order valence-corrected chi connectivity index (χ3v) is 5.63. The number of hydrogen-bond acceptors (Lipinski definition) is 7. The molecule has 1 aromatic heterocycles. The molecule has 29 heavy (non-hydrogen) atoms. The van der Waals surface area contributed by atoms with Crippen LogP contribution in [0.4, 0.5) is 0 Å². The van der Waals surface area contributed by atoms with E-state index in [0.717, 1.165) is 11.1 Å². The van der Waals surface area contributed by atoms with Gasteiger partial charge in [0.1, 0.15) is 0 Å². The van der Waals surface area contributed by atoms with E-state index in [1.807, 2.05) is 31.2 Å². The Hall–Kier alpha value is -3.04. The van der Waals surface area contributed by atoms with Crippen LogP contribution in [0.1, 0.15) is 41.8 Å². The van der Waals surface area contributed by atoms with Gasteiger partial charge in [0, 0.05) is 12.1 Å². The van der Waals surface area contributed by atoms with Crippen LogP contribution < -0.4 is 4.72 Å². The van der Waals surface area contributed by atoms with Crippen molar-refractivity contribution in [2.45, 2.75) is 31.8 Å². The fourth-order valence-electron chi connectivity index (χ4n) is 2.62. The number of aromatic nitrogens is 2. The molecule has 2 aromatic carbocycles. The van der Waals surface area contributed by atoms with E-state index in [1.165, 1.54) is 24.3 Å². The summed E-state index contributed by atoms with van der Waals surface area (Å²) in [5, 5.41) is 7.96. The Morgan fingerprint density at radius 1 is 1.17 bits per heavy atom. The molecule has 0 amide bonds. The number of nitrogens with one attached hydrogen (secondary N) is 1. The van der Waals surface area contributed by atoms with Crippen molar-refractivity contribution in [1.29, 1.82) is 0 Å². The van der Waals surface area contributed by atoms with Crippen LogP contribution in [0.5, 0.6) is 0 Å². The molecule has 8 nitrogen and oxygen atoms in total. The molecule has 0 saturated carbocycles. The number of carbonyl (C=O) groups excluding carboxylic acids is 1. The number of sulfonamides is 1. The van der Waals surface area contributed by atoms with Crippen molar-refractivity contribution in [1.82, 2.24) is 14.9 Å². The van der Waals surface area contributed by atoms with Gasteiger partial charge < -0.3 is 9.15 Å². The summed E-state index contributed by atoms with van der Waals surface area (Å²) < 4.78 is 37.3. The standard InChI is InChI=1S/C20H21N3O5S/c1-4-21-29(25,26)17-10-8-15(9-11-17)20(24)27-14(3)18-22-23-19(28-18)16-7-5-6-13(2)12-16/h5-12,14,21H,4H2,1-3H3/t14-/m1/s1. The molecule has 0 radical (unpaired) electrons. The Kier molecular flexibility index (Phi) is 6.09. The SMILES string of the molecule is CCNS(=O)(=O)c1ccc(C(=O)O[C@H](C)c2nnc(-c3cccc(C)c3)o2)cc1. The zero-order valence-electron chi connectivity index (χ0n) is 16.2. The van der Waals surface area contributed by atoms with E-state index in [0.29, 0.717) is 5.89 Å². The number of carbonyl (C=O) groups is 1. The van der Waals surface area contributed by atoms with Gasteiger partial charge in [-0.2, -0.15) is 0 Å². The lowest BCUT2D eigenvalue weighted by Crippen LogP contribution is -2.23. The van der Waals surface area contributed by atoms with Gasteiger partial charge in [0.15, 0.2) is 6.10 Å². The monoisotopic (exact) mass is 415 g/mol. The molecule has 0 unspecified atom stereocenters. The maximum atomic E-state index is 12.4. The molecule has 3 aromatic rings. The van der Waals surface area contributed by atoms with Crippen LogP contribution in [0, 0.1) is 6.92 Å². The number of esters is 1. The molecule has 0 spiro atoms. The van der Waals surface area contributed by atoms with Crippen LogP contribution in [-0.2, 0) is 14.8 Å². The summed E-state index contributed by atoms with van der Waals surface area (Å²) in [6.07, 6.45) is -0.765. The molecule has 0 saturated heterocycles. The molecule has 1 atom stereocenters. The second-order valence-electron chi connectivity index (χ2n) is 6.39. The molecule has 1 heterocycles. The molecular formula is C20H21N3O5S. The van der Waals surface area contributed by atoms with Gasteiger partial charge in [0.2, 0.25) is 15.9 Å². The first kappa shape index (κ1) is 20.7. The van der Waals surface area contributed by atoms with Gasteiger partial charge in [-0.05, 0) is 50.2 Å². The largest absolute Gasteiger partial charge is 0.449 e. The lowest BCUT2D eigenvalue weighted by atomic mass is 10.1. The minimum atomic E-state index is -3.58. The van der Waals surface area contributed by atoms with Gasteiger partial charge in [0.25, 0.3) is 5.89 Å². The topological polar surface area (TPSA) is 111 Å². The van der Waals surface area contributed by atoms with E-state index in [2.05, 4.69) is 14.9 Å². The average Bonchev–Trinajstić information content (AvgIpc) is 3.18. The number of rotatable bonds is 7. The Balaban J connectivity index is 1.69. The number of ether oxygens (including phenoxy) is 1. The van der Waals surface area contributed by atoms with Crippen molar-refractivity contribution in [2.75, 3.05) is 6.54 Å². The van der Waals surface area contributed by atoms with Gasteiger partial charge in [-0.3, -0.25) is 0 Å². The minimum absolute atomic E-state index is 0.0728. The van der Waals surface area contributed by atoms with E-state index in [9.17, 15) is 13.2 Å². The van der Waals surface area contributed by atoms with E-state index in [1.54, 1.807) is 13.8 Å². The molecule has 0 fully saturated rings. The fraction of sp³-hybridized carbons (Fsp3) is 0.250. The molecule has 9 heteroatoms. The molecule has 0 bridgehead atoms. The first-order valence-electron chi connectivity index (χ1n) is 9.01. The van der Waals surface area contributed by atoms with Crippen molar-refractivity contribution in [3.05, 3.63) is 65.5 Å². The Morgan fingerprint density at radius 2 is 1.90 bits per heavy atom. The normalized spacial score (nSPS) is 12.5. The predicted molar refractivity (Wildman–Crippen MR) is 106 cm³/mol. The summed E-state index contributed by atoms with van der Waals surface area (Å²) >= 11 is 0. The van der Waals surface area contributed by atoms with Gasteiger partial charge in [-0.15, -0.1) is 10.2 Å². The van der Waals surface area contributed by atoms with Gasteiger partial charge in [-0.1, -0.05) is 24.6 Å². The smallest absolute Gasteiger partial charge is 0.338 e. The van der Waals surface area contributed by atoms with Crippen LogP contribution in [0.25, 0.3) is 11.5 Å². The van der Waals surface area contributed by atoms with Crippen molar-refractivity contribution >= 4 is 16.0 Å². The number of benzene rings is 2. The van der Waals surface area contributed by atoms with Crippen LogP contribution in [0.15, 0.2) is 57.8 Å². The molecular weight excluding hydrogens is 394 g/mol. The van der Waals surface area contributed by atoms with E-state index >= 15 is 0 Å². The second-order valence-corrected chi connectivity index (χ2v) is 8.16. The van der Waals surface area contributed by atoms with Crippen LogP contribution in [-0.4, -0.2) is 31.1 Å². The van der Waals surface area contributed by atoms with Gasteiger partial charge >= 0.3 is 5.97 Å². The number of aryl methyl sites for hydroxylation is 1. The van der Waals surface area contributed by atoms with Gasteiger partial charge in [-0.25, -0.2) is 17.9 Å². The zero-order chi connectivity index (χ0) is 21.0. The van der Waals surface area contributed by atoms with Crippen molar-refractivity contribution in [3.63, 3.8) is 0 Å². The van der Waals surface area contributed by atoms with E-state index in [-0.39, 0.29) is 22.9 Å². The minimum Gasteiger partial charge on any atom is -0.449 e. The highest BCUT2D eigenvalue weighted by molar-refractivity contribution is 7.89. The maximum absolute atomic E-state index is 12.4. The van der Waals surface area contributed by atoms with Crippen LogP contribution in [0.2, 0.25) is 0 Å². The third kappa shape index (κ3) is 4.87. The van der Waals surface area contributed by atoms with E-state index < -0.39 is 22.1 Å². The van der Waals surface area contributed by atoms with Crippen LogP contribution >= 0.6 is 0 Å². The first-order chi connectivity index (χ1) is 13.8. The molecule has 3 rings (SSSR count). The first-order valence-corrected chi connectivity index (χ1v) is 10.5. The van der Waals surface area contributed by atoms with Crippen molar-refractivity contribution in [3.8, 4) is 11.5 Å². The summed E-state index contributed by atoms with van der Waals surface area (Å²) in [6.45, 7) is 5.54. The number of hydrogen-bond donors (Lipinski definition) is 1. The van der Waals surface area contributed by atoms with Crippen LogP contribution in [0.3, 0.4) is 0 Å². The molecule has 0 aliphatic carbocycles. The Bertz CT molecular complexity index is 1110. The van der Waals surface area contributed by atoms with Crippen molar-refractivity contribution in [2.24, 2.45) is 0 Å². The molecule has 0 aliphatic heterocycles. The zero-order valence-corrected chi connectivity index (χ0v) is 17.1. The Labute approximate surface area is 169 Å². The van der Waals surface area contributed by atoms with Gasteiger partial charge in [0.05, 0.1) is 10.5 Å². The fourth-order valence-corrected chi connectivity index (χ4v) is 3.66. The highest BCUT2D eigenvalue weighted by Gasteiger charge is 2.21.